The topological polar surface area (TPSA) is 39.7 Å². The van der Waals surface area contributed by atoms with Gasteiger partial charge < -0.3 is 19.5 Å². The van der Waals surface area contributed by atoms with Crippen molar-refractivity contribution in [2.45, 2.75) is 38.0 Å². The minimum atomic E-state index is 0.101. The Labute approximate surface area is 128 Å². The minimum Gasteiger partial charge on any atom is -0.497 e. The number of likely N-dealkylation sites (N-methyl/N-ethyl adjacent to an activating group) is 1. The van der Waals surface area contributed by atoms with Crippen molar-refractivity contribution in [3.63, 3.8) is 0 Å². The van der Waals surface area contributed by atoms with Crippen LogP contribution in [-0.4, -0.2) is 39.0 Å². The van der Waals surface area contributed by atoms with Gasteiger partial charge in [0.05, 0.1) is 11.6 Å². The van der Waals surface area contributed by atoms with E-state index in [2.05, 4.69) is 28.2 Å². The quantitative estimate of drug-likeness (QED) is 0.826. The number of rotatable bonds is 7. The molecular weight excluding hydrogens is 322 g/mol. The summed E-state index contributed by atoms with van der Waals surface area (Å²) in [7, 11) is 3.62. The first-order valence-electron chi connectivity index (χ1n) is 6.98. The van der Waals surface area contributed by atoms with Gasteiger partial charge in [0.1, 0.15) is 23.7 Å². The van der Waals surface area contributed by atoms with Gasteiger partial charge in [-0.25, -0.2) is 0 Å². The van der Waals surface area contributed by atoms with Crippen molar-refractivity contribution in [1.82, 2.24) is 5.32 Å². The van der Waals surface area contributed by atoms with Gasteiger partial charge in [-0.2, -0.15) is 0 Å². The van der Waals surface area contributed by atoms with Gasteiger partial charge in [0.2, 0.25) is 0 Å². The molecule has 3 atom stereocenters. The first-order chi connectivity index (χ1) is 9.69. The molecule has 1 aliphatic rings. The second-order valence-electron chi connectivity index (χ2n) is 4.92. The molecule has 112 valence electrons. The summed E-state index contributed by atoms with van der Waals surface area (Å²) >= 11 is 3.51. The summed E-state index contributed by atoms with van der Waals surface area (Å²) in [6.07, 6.45) is 2.20. The van der Waals surface area contributed by atoms with E-state index in [0.29, 0.717) is 6.04 Å². The van der Waals surface area contributed by atoms with E-state index in [0.717, 1.165) is 35.4 Å². The monoisotopic (exact) mass is 343 g/mol. The molecule has 3 unspecified atom stereocenters. The average molecular weight is 344 g/mol. The summed E-state index contributed by atoms with van der Waals surface area (Å²) in [5.74, 6) is 1.64. The summed E-state index contributed by atoms with van der Waals surface area (Å²) in [6.45, 7) is 2.88. The van der Waals surface area contributed by atoms with E-state index in [-0.39, 0.29) is 12.2 Å². The smallest absolute Gasteiger partial charge is 0.134 e. The molecule has 0 spiro atoms. The molecule has 0 saturated heterocycles. The number of nitrogens with one attached hydrogen (secondary N) is 1. The van der Waals surface area contributed by atoms with Crippen LogP contribution in [0.3, 0.4) is 0 Å². The zero-order valence-electron chi connectivity index (χ0n) is 12.2. The Hall–Kier alpha value is -0.780. The lowest BCUT2D eigenvalue weighted by atomic mass is 9.85. The molecule has 0 amide bonds. The van der Waals surface area contributed by atoms with Crippen molar-refractivity contribution in [2.24, 2.45) is 0 Å². The summed E-state index contributed by atoms with van der Waals surface area (Å²) in [5, 5.41) is 3.27. The van der Waals surface area contributed by atoms with Gasteiger partial charge >= 0.3 is 0 Å². The molecule has 1 aromatic rings. The fourth-order valence-electron chi connectivity index (χ4n) is 2.32. The molecule has 4 nitrogen and oxygen atoms in total. The van der Waals surface area contributed by atoms with Gasteiger partial charge in [0, 0.05) is 19.1 Å². The molecule has 0 heterocycles. The Morgan fingerprint density at radius 2 is 2.20 bits per heavy atom. The maximum atomic E-state index is 6.05. The van der Waals surface area contributed by atoms with Crippen molar-refractivity contribution in [3.05, 3.63) is 22.7 Å². The predicted octanol–water partition coefficient (Wildman–Crippen LogP) is 2.99. The lowest BCUT2D eigenvalue weighted by Crippen LogP contribution is -2.60. The van der Waals surface area contributed by atoms with Crippen molar-refractivity contribution in [3.8, 4) is 11.5 Å². The number of hydrogen-bond donors (Lipinski definition) is 1. The van der Waals surface area contributed by atoms with Gasteiger partial charge in [-0.1, -0.05) is 6.92 Å². The lowest BCUT2D eigenvalue weighted by molar-refractivity contribution is -0.106. The van der Waals surface area contributed by atoms with Crippen molar-refractivity contribution in [2.75, 3.05) is 20.8 Å². The highest BCUT2D eigenvalue weighted by molar-refractivity contribution is 9.10. The molecule has 2 rings (SSSR count). The third kappa shape index (κ3) is 3.45. The average Bonchev–Trinajstić information content (AvgIpc) is 2.44. The van der Waals surface area contributed by atoms with E-state index < -0.39 is 0 Å². The zero-order valence-corrected chi connectivity index (χ0v) is 13.8. The highest BCUT2D eigenvalue weighted by Crippen LogP contribution is 2.34. The Bertz CT molecular complexity index is 441. The van der Waals surface area contributed by atoms with Crippen molar-refractivity contribution in [1.29, 1.82) is 0 Å². The van der Waals surface area contributed by atoms with E-state index in [1.807, 2.05) is 25.2 Å². The highest BCUT2D eigenvalue weighted by Gasteiger charge is 2.43. The zero-order chi connectivity index (χ0) is 14.5. The second kappa shape index (κ2) is 7.29. The molecule has 1 N–H and O–H groups in total. The molecule has 1 aliphatic carbocycles. The van der Waals surface area contributed by atoms with Crippen LogP contribution in [0, 0.1) is 0 Å². The largest absolute Gasteiger partial charge is 0.497 e. The van der Waals surface area contributed by atoms with Crippen LogP contribution in [0.25, 0.3) is 0 Å². The molecular formula is C15H22BrNO3. The van der Waals surface area contributed by atoms with Crippen LogP contribution in [-0.2, 0) is 4.74 Å². The minimum absolute atomic E-state index is 0.101. The molecule has 5 heteroatoms. The van der Waals surface area contributed by atoms with Crippen LogP contribution in [0.1, 0.15) is 19.8 Å². The summed E-state index contributed by atoms with van der Waals surface area (Å²) in [5.41, 5.74) is 0. The first kappa shape index (κ1) is 15.6. The molecule has 20 heavy (non-hydrogen) atoms. The maximum absolute atomic E-state index is 6.05. The Kier molecular flexibility index (Phi) is 5.69. The first-order valence-corrected chi connectivity index (χ1v) is 7.78. The summed E-state index contributed by atoms with van der Waals surface area (Å²) < 4.78 is 18.0. The van der Waals surface area contributed by atoms with Gasteiger partial charge in [-0.15, -0.1) is 0 Å². The number of benzene rings is 1. The van der Waals surface area contributed by atoms with Crippen LogP contribution in [0.15, 0.2) is 22.7 Å². The molecule has 0 aromatic heterocycles. The normalized spacial score (nSPS) is 25.1. The van der Waals surface area contributed by atoms with Crippen LogP contribution >= 0.6 is 15.9 Å². The maximum Gasteiger partial charge on any atom is 0.134 e. The molecule has 0 bridgehead atoms. The Morgan fingerprint density at radius 1 is 1.40 bits per heavy atom. The van der Waals surface area contributed by atoms with Gasteiger partial charge in [0.25, 0.3) is 0 Å². The molecule has 1 aromatic carbocycles. The number of hydrogen-bond acceptors (Lipinski definition) is 4. The van der Waals surface area contributed by atoms with Crippen LogP contribution < -0.4 is 14.8 Å². The fraction of sp³-hybridized carbons (Fsp3) is 0.600. The Morgan fingerprint density at radius 3 is 2.80 bits per heavy atom. The molecule has 0 radical (unpaired) electrons. The van der Waals surface area contributed by atoms with Crippen LogP contribution in [0.2, 0.25) is 0 Å². The van der Waals surface area contributed by atoms with Gasteiger partial charge in [-0.3, -0.25) is 0 Å². The summed E-state index contributed by atoms with van der Waals surface area (Å²) in [4.78, 5) is 0. The second-order valence-corrected chi connectivity index (χ2v) is 5.77. The number of ether oxygens (including phenoxy) is 3. The molecule has 0 aliphatic heterocycles. The fourth-order valence-corrected chi connectivity index (χ4v) is 2.77. The van der Waals surface area contributed by atoms with Crippen LogP contribution in [0.5, 0.6) is 11.5 Å². The van der Waals surface area contributed by atoms with Gasteiger partial charge in [0.15, 0.2) is 0 Å². The molecule has 1 fully saturated rings. The van der Waals surface area contributed by atoms with E-state index >= 15 is 0 Å². The molecule has 1 saturated carbocycles. The number of halogens is 1. The van der Waals surface area contributed by atoms with E-state index in [1.54, 1.807) is 7.11 Å². The van der Waals surface area contributed by atoms with E-state index in [9.17, 15) is 0 Å². The van der Waals surface area contributed by atoms with Crippen molar-refractivity contribution >= 4 is 15.9 Å². The third-order valence-electron chi connectivity index (χ3n) is 3.55. The van der Waals surface area contributed by atoms with Crippen molar-refractivity contribution < 1.29 is 14.2 Å². The van der Waals surface area contributed by atoms with Gasteiger partial charge in [-0.05, 0) is 47.6 Å². The van der Waals surface area contributed by atoms with Crippen LogP contribution in [0.4, 0.5) is 0 Å². The van der Waals surface area contributed by atoms with E-state index in [4.69, 9.17) is 14.2 Å². The lowest BCUT2D eigenvalue weighted by Gasteiger charge is -2.43. The standard InChI is InChI=1S/C15H22BrNO3/c1-4-7-19-15-12(17-2)9-14(15)20-13-6-5-10(18-3)8-11(13)16/h5-6,8,12,14-15,17H,4,7,9H2,1-3H3. The summed E-state index contributed by atoms with van der Waals surface area (Å²) in [6, 6.07) is 6.11. The SMILES string of the molecule is CCCOC1C(NC)CC1Oc1ccc(OC)cc1Br. The Balaban J connectivity index is 1.98. The predicted molar refractivity (Wildman–Crippen MR) is 82.6 cm³/mol. The highest BCUT2D eigenvalue weighted by atomic mass is 79.9. The third-order valence-corrected chi connectivity index (χ3v) is 4.17. The van der Waals surface area contributed by atoms with E-state index in [1.165, 1.54) is 0 Å². The number of methoxy groups -OCH3 is 1.